The summed E-state index contributed by atoms with van der Waals surface area (Å²) in [6, 6.07) is -0.192. The monoisotopic (exact) mass is 144 g/mol. The van der Waals surface area contributed by atoms with Crippen molar-refractivity contribution < 1.29 is 9.90 Å². The van der Waals surface area contributed by atoms with E-state index in [1.54, 1.807) is 0 Å². The molecule has 1 aliphatic heterocycles. The number of carbonyl (C=O) groups is 1. The lowest BCUT2D eigenvalue weighted by molar-refractivity contribution is -0.141. The summed E-state index contributed by atoms with van der Waals surface area (Å²) in [5.74, 6) is -1.15. The van der Waals surface area contributed by atoms with Crippen LogP contribution < -0.4 is 5.73 Å². The largest absolute Gasteiger partial charge is 0.481 e. The Labute approximate surface area is 59.6 Å². The molecule has 4 nitrogen and oxygen atoms in total. The summed E-state index contributed by atoms with van der Waals surface area (Å²) in [5, 5.41) is 8.59. The summed E-state index contributed by atoms with van der Waals surface area (Å²) in [5.41, 5.74) is 5.55. The van der Waals surface area contributed by atoms with Crippen molar-refractivity contribution in [3.8, 4) is 0 Å². The Balaban J connectivity index is 2.54. The van der Waals surface area contributed by atoms with Gasteiger partial charge in [0.1, 0.15) is 0 Å². The lowest BCUT2D eigenvalue weighted by Gasteiger charge is -2.06. The van der Waals surface area contributed by atoms with Gasteiger partial charge < -0.3 is 15.7 Å². The first kappa shape index (κ1) is 7.50. The Kier molecular flexibility index (Phi) is 1.92. The van der Waals surface area contributed by atoms with Gasteiger partial charge in [-0.05, 0) is 7.05 Å². The van der Waals surface area contributed by atoms with Crippen LogP contribution in [-0.2, 0) is 4.79 Å². The number of hydrogen-bond acceptors (Lipinski definition) is 3. The number of hydrogen-bond donors (Lipinski definition) is 2. The molecule has 0 radical (unpaired) electrons. The molecule has 10 heavy (non-hydrogen) atoms. The van der Waals surface area contributed by atoms with Crippen molar-refractivity contribution in [2.24, 2.45) is 11.7 Å². The number of aliphatic carboxylic acids is 1. The normalized spacial score (nSPS) is 34.6. The van der Waals surface area contributed by atoms with E-state index in [2.05, 4.69) is 0 Å². The Bertz CT molecular complexity index is 149. The molecule has 4 heteroatoms. The van der Waals surface area contributed by atoms with Crippen LogP contribution in [0, 0.1) is 5.92 Å². The zero-order valence-corrected chi connectivity index (χ0v) is 5.95. The molecule has 3 N–H and O–H groups in total. The Morgan fingerprint density at radius 1 is 1.70 bits per heavy atom. The summed E-state index contributed by atoms with van der Waals surface area (Å²) in [6.07, 6.45) is 0. The van der Waals surface area contributed by atoms with Gasteiger partial charge in [-0.25, -0.2) is 0 Å². The number of likely N-dealkylation sites (N-methyl/N-ethyl adjacent to an activating group) is 1. The quantitative estimate of drug-likeness (QED) is 0.493. The highest BCUT2D eigenvalue weighted by Crippen LogP contribution is 2.12. The minimum absolute atomic E-state index is 0.192. The van der Waals surface area contributed by atoms with E-state index in [0.717, 1.165) is 0 Å². The van der Waals surface area contributed by atoms with Gasteiger partial charge in [-0.15, -0.1) is 0 Å². The molecule has 2 atom stereocenters. The Morgan fingerprint density at radius 2 is 2.30 bits per heavy atom. The highest BCUT2D eigenvalue weighted by molar-refractivity contribution is 5.71. The fourth-order valence-corrected chi connectivity index (χ4v) is 1.29. The second-order valence-electron chi connectivity index (χ2n) is 2.83. The molecule has 58 valence electrons. The average molecular weight is 144 g/mol. The van der Waals surface area contributed by atoms with Crippen molar-refractivity contribution in [2.45, 2.75) is 6.04 Å². The highest BCUT2D eigenvalue weighted by atomic mass is 16.4. The molecule has 0 aromatic heterocycles. The van der Waals surface area contributed by atoms with Gasteiger partial charge in [0.15, 0.2) is 0 Å². The van der Waals surface area contributed by atoms with Crippen molar-refractivity contribution in [3.63, 3.8) is 0 Å². The predicted octanol–water partition coefficient (Wildman–Crippen LogP) is -1.04. The highest BCUT2D eigenvalue weighted by Gasteiger charge is 2.33. The van der Waals surface area contributed by atoms with E-state index in [-0.39, 0.29) is 12.0 Å². The lowest BCUT2D eigenvalue weighted by Crippen LogP contribution is -2.33. The number of carboxylic acid groups (broad SMARTS) is 1. The van der Waals surface area contributed by atoms with Gasteiger partial charge >= 0.3 is 5.97 Å². The lowest BCUT2D eigenvalue weighted by atomic mass is 10.1. The third-order valence-corrected chi connectivity index (χ3v) is 1.86. The van der Waals surface area contributed by atoms with Crippen LogP contribution in [0.2, 0.25) is 0 Å². The second kappa shape index (κ2) is 2.56. The van der Waals surface area contributed by atoms with E-state index >= 15 is 0 Å². The van der Waals surface area contributed by atoms with Gasteiger partial charge in [0.2, 0.25) is 0 Å². The first-order valence-corrected chi connectivity index (χ1v) is 3.28. The molecule has 0 aromatic rings. The van der Waals surface area contributed by atoms with E-state index < -0.39 is 5.97 Å². The third kappa shape index (κ3) is 1.27. The van der Waals surface area contributed by atoms with Gasteiger partial charge in [0, 0.05) is 19.1 Å². The standard InChI is InChI=1S/C6H12N2O2/c1-8-2-4(6(9)10)5(7)3-8/h4-5H,2-3,7H2,1H3,(H,9,10). The van der Waals surface area contributed by atoms with Crippen molar-refractivity contribution >= 4 is 5.97 Å². The molecule has 0 bridgehead atoms. The van der Waals surface area contributed by atoms with Gasteiger partial charge in [-0.2, -0.15) is 0 Å². The van der Waals surface area contributed by atoms with Crippen LogP contribution in [0.3, 0.4) is 0 Å². The first-order valence-electron chi connectivity index (χ1n) is 3.28. The molecule has 0 aromatic carbocycles. The summed E-state index contributed by atoms with van der Waals surface area (Å²) in [6.45, 7) is 1.27. The number of nitrogens with two attached hydrogens (primary N) is 1. The fraction of sp³-hybridized carbons (Fsp3) is 0.833. The molecular weight excluding hydrogens is 132 g/mol. The van der Waals surface area contributed by atoms with E-state index in [0.29, 0.717) is 13.1 Å². The summed E-state index contributed by atoms with van der Waals surface area (Å²) >= 11 is 0. The minimum Gasteiger partial charge on any atom is -0.481 e. The maximum absolute atomic E-state index is 10.5. The molecule has 1 fully saturated rings. The zero-order valence-electron chi connectivity index (χ0n) is 5.95. The van der Waals surface area contributed by atoms with Crippen molar-refractivity contribution in [1.29, 1.82) is 0 Å². The molecule has 0 aliphatic carbocycles. The number of rotatable bonds is 1. The van der Waals surface area contributed by atoms with Crippen LogP contribution in [0.15, 0.2) is 0 Å². The van der Waals surface area contributed by atoms with E-state index in [9.17, 15) is 4.79 Å². The molecule has 2 unspecified atom stereocenters. The molecule has 1 heterocycles. The molecular formula is C6H12N2O2. The molecule has 0 saturated carbocycles. The van der Waals surface area contributed by atoms with Crippen LogP contribution in [-0.4, -0.2) is 42.2 Å². The topological polar surface area (TPSA) is 66.6 Å². The predicted molar refractivity (Wildman–Crippen MR) is 36.6 cm³/mol. The van der Waals surface area contributed by atoms with Gasteiger partial charge in [0.25, 0.3) is 0 Å². The van der Waals surface area contributed by atoms with Crippen LogP contribution in [0.1, 0.15) is 0 Å². The van der Waals surface area contributed by atoms with Crippen LogP contribution >= 0.6 is 0 Å². The zero-order chi connectivity index (χ0) is 7.72. The summed E-state index contributed by atoms with van der Waals surface area (Å²) in [7, 11) is 1.88. The smallest absolute Gasteiger partial charge is 0.309 e. The average Bonchev–Trinajstić information content (AvgIpc) is 2.10. The number of likely N-dealkylation sites (tertiary alicyclic amines) is 1. The maximum atomic E-state index is 10.5. The third-order valence-electron chi connectivity index (χ3n) is 1.86. The first-order chi connectivity index (χ1) is 4.61. The van der Waals surface area contributed by atoms with Gasteiger partial charge in [0.05, 0.1) is 5.92 Å². The van der Waals surface area contributed by atoms with Crippen molar-refractivity contribution in [2.75, 3.05) is 20.1 Å². The van der Waals surface area contributed by atoms with Crippen LogP contribution in [0.5, 0.6) is 0 Å². The minimum atomic E-state index is -0.781. The Morgan fingerprint density at radius 3 is 2.50 bits per heavy atom. The Hall–Kier alpha value is -0.610. The van der Waals surface area contributed by atoms with Crippen molar-refractivity contribution in [1.82, 2.24) is 4.90 Å². The maximum Gasteiger partial charge on any atom is 0.309 e. The summed E-state index contributed by atoms with van der Waals surface area (Å²) in [4.78, 5) is 12.4. The van der Waals surface area contributed by atoms with Crippen LogP contribution in [0.25, 0.3) is 0 Å². The van der Waals surface area contributed by atoms with Crippen LogP contribution in [0.4, 0.5) is 0 Å². The molecule has 0 amide bonds. The van der Waals surface area contributed by atoms with E-state index in [4.69, 9.17) is 10.8 Å². The molecule has 0 spiro atoms. The van der Waals surface area contributed by atoms with Crippen molar-refractivity contribution in [3.05, 3.63) is 0 Å². The van der Waals surface area contributed by atoms with Gasteiger partial charge in [-0.3, -0.25) is 4.79 Å². The number of carboxylic acids is 1. The second-order valence-corrected chi connectivity index (χ2v) is 2.83. The summed E-state index contributed by atoms with van der Waals surface area (Å²) < 4.78 is 0. The van der Waals surface area contributed by atoms with Gasteiger partial charge in [-0.1, -0.05) is 0 Å². The van der Waals surface area contributed by atoms with E-state index in [1.807, 2.05) is 11.9 Å². The SMILES string of the molecule is CN1CC(N)C(C(=O)O)C1. The number of nitrogens with zero attached hydrogens (tertiary/aromatic N) is 1. The molecule has 1 aliphatic rings. The van der Waals surface area contributed by atoms with E-state index in [1.165, 1.54) is 0 Å². The fourth-order valence-electron chi connectivity index (χ4n) is 1.29. The molecule has 1 rings (SSSR count). The molecule has 1 saturated heterocycles.